The van der Waals surface area contributed by atoms with Gasteiger partial charge in [0.2, 0.25) is 5.75 Å². The van der Waals surface area contributed by atoms with Gasteiger partial charge >= 0.3 is 0 Å². The van der Waals surface area contributed by atoms with E-state index in [0.29, 0.717) is 42.8 Å². The summed E-state index contributed by atoms with van der Waals surface area (Å²) in [5.41, 5.74) is 3.54. The maximum absolute atomic E-state index is 15.7. The van der Waals surface area contributed by atoms with Gasteiger partial charge in [0.05, 0.1) is 26.2 Å². The zero-order chi connectivity index (χ0) is 39.9. The Morgan fingerprint density at radius 3 is 2.42 bits per heavy atom. The molecule has 3 aliphatic rings. The predicted octanol–water partition coefficient (Wildman–Crippen LogP) is 9.10. The Labute approximate surface area is 333 Å². The fraction of sp³-hybridized carbons (Fsp3) is 0.404. The molecule has 10 nitrogen and oxygen atoms in total. The average Bonchev–Trinajstić information content (AvgIpc) is 3.84. The molecule has 10 heteroatoms. The molecule has 4 aromatic carbocycles. The van der Waals surface area contributed by atoms with Crippen molar-refractivity contribution in [1.29, 1.82) is 0 Å². The van der Waals surface area contributed by atoms with Crippen molar-refractivity contribution in [2.24, 2.45) is 11.3 Å². The molecule has 1 aromatic heterocycles. The van der Waals surface area contributed by atoms with E-state index in [4.69, 9.17) is 14.5 Å². The van der Waals surface area contributed by atoms with Crippen molar-refractivity contribution in [2.45, 2.75) is 94.5 Å². The van der Waals surface area contributed by atoms with Crippen LogP contribution < -0.4 is 14.8 Å². The minimum absolute atomic E-state index is 0.0378. The van der Waals surface area contributed by atoms with Crippen LogP contribution in [0.25, 0.3) is 10.8 Å². The molecule has 2 saturated carbocycles. The van der Waals surface area contributed by atoms with Crippen molar-refractivity contribution < 1.29 is 39.8 Å². The first kappa shape index (κ1) is 38.4. The molecule has 0 amide bonds. The van der Waals surface area contributed by atoms with Gasteiger partial charge in [-0.05, 0) is 150 Å². The van der Waals surface area contributed by atoms with E-state index in [9.17, 15) is 25.5 Å². The van der Waals surface area contributed by atoms with Gasteiger partial charge in [-0.15, -0.1) is 0 Å². The Balaban J connectivity index is 1.31. The predicted molar refractivity (Wildman–Crippen MR) is 219 cm³/mol. The number of aryl methyl sites for hydroxylation is 2. The van der Waals surface area contributed by atoms with E-state index in [2.05, 4.69) is 17.4 Å². The van der Waals surface area contributed by atoms with Crippen molar-refractivity contribution in [2.75, 3.05) is 19.5 Å². The number of hydrogen-bond acceptors (Lipinski definition) is 10. The van der Waals surface area contributed by atoms with E-state index in [0.717, 1.165) is 78.1 Å². The molecule has 5 aromatic rings. The van der Waals surface area contributed by atoms with Gasteiger partial charge in [0.1, 0.15) is 17.4 Å². The number of pyridine rings is 1. The summed E-state index contributed by atoms with van der Waals surface area (Å²) in [6, 6.07) is 21.9. The average molecular weight is 773 g/mol. The van der Waals surface area contributed by atoms with Gasteiger partial charge in [0.15, 0.2) is 23.0 Å². The van der Waals surface area contributed by atoms with Crippen LogP contribution in [0.5, 0.6) is 34.5 Å². The number of hydrogen-bond donors (Lipinski definition) is 6. The number of carbonyl (C=O) groups excluding carboxylic acids is 1. The maximum Gasteiger partial charge on any atom is 0.200 e. The molecule has 2 heterocycles. The van der Waals surface area contributed by atoms with Gasteiger partial charge in [-0.2, -0.15) is 0 Å². The lowest BCUT2D eigenvalue weighted by atomic mass is 9.52. The summed E-state index contributed by atoms with van der Waals surface area (Å²) in [7, 11) is 2.94. The van der Waals surface area contributed by atoms with Crippen LogP contribution in [-0.4, -0.2) is 56.6 Å². The molecule has 4 atom stereocenters. The highest BCUT2D eigenvalue weighted by molar-refractivity contribution is 5.92. The zero-order valence-electron chi connectivity index (χ0n) is 32.6. The molecule has 2 bridgehead atoms. The number of methoxy groups -OCH3 is 2. The van der Waals surface area contributed by atoms with Crippen LogP contribution in [-0.2, 0) is 23.1 Å². The van der Waals surface area contributed by atoms with Gasteiger partial charge in [-0.25, -0.2) is 4.98 Å². The van der Waals surface area contributed by atoms with Gasteiger partial charge in [0, 0.05) is 23.7 Å². The third-order valence-electron chi connectivity index (χ3n) is 13.6. The number of phenols is 4. The number of aliphatic hydroxyl groups excluding tert-OH is 1. The number of fused-ring (bicyclic) bond motifs is 7. The molecule has 2 spiro atoms. The summed E-state index contributed by atoms with van der Waals surface area (Å²) in [5.74, 6) is -0.571. The van der Waals surface area contributed by atoms with Gasteiger partial charge in [-0.3, -0.25) is 4.79 Å². The van der Waals surface area contributed by atoms with Crippen LogP contribution in [0, 0.1) is 11.3 Å². The highest BCUT2D eigenvalue weighted by Gasteiger charge is 2.62. The first-order chi connectivity index (χ1) is 27.6. The van der Waals surface area contributed by atoms with Crippen LogP contribution in [0.2, 0.25) is 0 Å². The van der Waals surface area contributed by atoms with E-state index < -0.39 is 23.4 Å². The molecule has 0 unspecified atom stereocenters. The van der Waals surface area contributed by atoms with Crippen LogP contribution >= 0.6 is 0 Å². The van der Waals surface area contributed by atoms with Crippen LogP contribution in [0.15, 0.2) is 79.0 Å². The van der Waals surface area contributed by atoms with E-state index in [1.807, 2.05) is 30.5 Å². The smallest absolute Gasteiger partial charge is 0.200 e. The standard InChI is InChI=1S/C47H52N2O8/c1-56-41-22-28(6-14-37(41)51)7-15-38(52)44-39(53)24-29(31-25-40(54)45(55)42(26-31)57-2)8-11-35-34-12-10-33(50)23-30(34)9-13-36(35)49-43-27-32(16-21-48-43)47(44)20-5-19-46(47)17-3-4-18-46/h6,9-10,12-14,16,21-23,25-27,29,38,44,50-52,54-55H,3-5,7-8,11,15,17-20,24H2,1-2H3,(H,48,49)/t29-,38+,44-,47-/m0/s1. The molecule has 8 rings (SSSR count). The molecule has 1 aliphatic heterocycles. The summed E-state index contributed by atoms with van der Waals surface area (Å²) in [6.07, 6.45) is 9.44. The summed E-state index contributed by atoms with van der Waals surface area (Å²) in [5, 5.41) is 60.4. The number of aromatic nitrogens is 1. The fourth-order valence-corrected chi connectivity index (χ4v) is 11.0. The maximum atomic E-state index is 15.7. The summed E-state index contributed by atoms with van der Waals surface area (Å²) < 4.78 is 10.9. The van der Waals surface area contributed by atoms with Gasteiger partial charge < -0.3 is 40.3 Å². The Morgan fingerprint density at radius 2 is 1.63 bits per heavy atom. The van der Waals surface area contributed by atoms with E-state index in [1.54, 1.807) is 30.3 Å². The number of nitrogens with zero attached hydrogens (tertiary/aromatic N) is 1. The largest absolute Gasteiger partial charge is 0.508 e. The number of ether oxygens (including phenoxy) is 2. The Kier molecular flexibility index (Phi) is 10.4. The van der Waals surface area contributed by atoms with E-state index in [-0.39, 0.29) is 46.4 Å². The number of ketones is 1. The SMILES string of the molecule is COc1cc(CC[C@@H](O)[C@H]2C(=O)C[C@@H](c3cc(O)c(O)c(OC)c3)CCc3c(ccc4cc(O)ccc34)Nc3cc(ccn3)[C@@]23CCCC32CCCC2)ccc1O. The molecule has 298 valence electrons. The summed E-state index contributed by atoms with van der Waals surface area (Å²) in [6.45, 7) is 0. The first-order valence-electron chi connectivity index (χ1n) is 20.2. The lowest BCUT2D eigenvalue weighted by Crippen LogP contribution is -2.53. The number of phenolic OH excluding ortho intramolecular Hbond substituents is 4. The third kappa shape index (κ3) is 6.88. The van der Waals surface area contributed by atoms with Crippen LogP contribution in [0.1, 0.15) is 92.4 Å². The molecule has 2 fully saturated rings. The first-order valence-corrected chi connectivity index (χ1v) is 20.2. The molecule has 6 N–H and O–H groups in total. The quantitative estimate of drug-likeness (QED) is 0.0881. The molecule has 0 saturated heterocycles. The molecular weight excluding hydrogens is 721 g/mol. The molecule has 57 heavy (non-hydrogen) atoms. The van der Waals surface area contributed by atoms with Crippen molar-refractivity contribution >= 4 is 28.1 Å². The summed E-state index contributed by atoms with van der Waals surface area (Å²) >= 11 is 0. The minimum atomic E-state index is -1.00. The van der Waals surface area contributed by atoms with Crippen molar-refractivity contribution in [1.82, 2.24) is 4.98 Å². The number of benzene rings is 4. The molecule has 0 radical (unpaired) electrons. The highest BCUT2D eigenvalue weighted by Crippen LogP contribution is 2.66. The van der Waals surface area contributed by atoms with E-state index in [1.165, 1.54) is 20.3 Å². The minimum Gasteiger partial charge on any atom is -0.508 e. The number of carbonyl (C=O) groups is 1. The zero-order valence-corrected chi connectivity index (χ0v) is 32.6. The highest BCUT2D eigenvalue weighted by atomic mass is 16.5. The van der Waals surface area contributed by atoms with Gasteiger partial charge in [-0.1, -0.05) is 37.5 Å². The number of Topliss-reactive ketones (excluding diaryl/α,β-unsaturated/α-hetero) is 1. The van der Waals surface area contributed by atoms with Crippen LogP contribution in [0.3, 0.4) is 0 Å². The number of nitrogens with one attached hydrogen (secondary N) is 1. The van der Waals surface area contributed by atoms with Crippen molar-refractivity contribution in [3.8, 4) is 34.5 Å². The normalized spacial score (nSPS) is 22.3. The van der Waals surface area contributed by atoms with Crippen molar-refractivity contribution in [3.05, 3.63) is 101 Å². The van der Waals surface area contributed by atoms with Crippen molar-refractivity contribution in [3.63, 3.8) is 0 Å². The van der Waals surface area contributed by atoms with Gasteiger partial charge in [0.25, 0.3) is 0 Å². The lowest BCUT2D eigenvalue weighted by Gasteiger charge is -2.51. The third-order valence-corrected chi connectivity index (χ3v) is 13.6. The second-order valence-electron chi connectivity index (χ2n) is 16.5. The number of rotatable bonds is 7. The Morgan fingerprint density at radius 1 is 0.842 bits per heavy atom. The second kappa shape index (κ2) is 15.5. The molecule has 2 aliphatic carbocycles. The number of anilines is 2. The Bertz CT molecular complexity index is 2300. The topological polar surface area (TPSA) is 162 Å². The lowest BCUT2D eigenvalue weighted by molar-refractivity contribution is -0.134. The summed E-state index contributed by atoms with van der Waals surface area (Å²) in [4.78, 5) is 20.5. The molecular formula is C47H52N2O8. The Hall–Kier alpha value is -5.48. The number of aliphatic hydroxyl groups is 1. The van der Waals surface area contributed by atoms with E-state index >= 15 is 4.79 Å². The monoisotopic (exact) mass is 772 g/mol. The number of aromatic hydroxyl groups is 4. The second-order valence-corrected chi connectivity index (χ2v) is 16.5. The fourth-order valence-electron chi connectivity index (χ4n) is 11.0. The van der Waals surface area contributed by atoms with Crippen LogP contribution in [0.4, 0.5) is 11.5 Å².